The van der Waals surface area contributed by atoms with E-state index in [0.717, 1.165) is 32.2 Å². The van der Waals surface area contributed by atoms with Crippen LogP contribution in [0.3, 0.4) is 0 Å². The van der Waals surface area contributed by atoms with Gasteiger partial charge in [0.1, 0.15) is 6.10 Å². The van der Waals surface area contributed by atoms with Crippen molar-refractivity contribution in [3.63, 3.8) is 0 Å². The summed E-state index contributed by atoms with van der Waals surface area (Å²) in [5.74, 6) is 0.811. The Balaban J connectivity index is 1.73. The second-order valence-electron chi connectivity index (χ2n) is 5.01. The van der Waals surface area contributed by atoms with Gasteiger partial charge in [-0.1, -0.05) is 0 Å². The molecule has 0 bridgehead atoms. The van der Waals surface area contributed by atoms with Crippen LogP contribution in [0.2, 0.25) is 0 Å². The van der Waals surface area contributed by atoms with E-state index >= 15 is 0 Å². The number of ether oxygens (including phenoxy) is 1. The van der Waals surface area contributed by atoms with Crippen molar-refractivity contribution in [2.45, 2.75) is 44.2 Å². The van der Waals surface area contributed by atoms with Crippen molar-refractivity contribution in [3.05, 3.63) is 0 Å². The molecule has 1 unspecified atom stereocenters. The van der Waals surface area contributed by atoms with Crippen molar-refractivity contribution in [2.75, 3.05) is 19.7 Å². The van der Waals surface area contributed by atoms with E-state index in [1.807, 2.05) is 0 Å². The summed E-state index contributed by atoms with van der Waals surface area (Å²) in [6.07, 6.45) is 4.83. The van der Waals surface area contributed by atoms with Gasteiger partial charge in [-0.25, -0.2) is 0 Å². The van der Waals surface area contributed by atoms with E-state index in [2.05, 4.69) is 5.32 Å². The van der Waals surface area contributed by atoms with Crippen molar-refractivity contribution < 1.29 is 9.53 Å². The quantitative estimate of drug-likeness (QED) is 0.733. The van der Waals surface area contributed by atoms with E-state index in [1.165, 1.54) is 0 Å². The highest BCUT2D eigenvalue weighted by Gasteiger charge is 2.26. The standard InChI is InChI=1S/C12H22N2O2/c13-10-3-1-9(2-4-10)7-11(15)12-8-14-5-6-16-12/h9-10,12,14H,1-8,13H2/t9-,10-,12?. The number of nitrogens with two attached hydrogens (primary N) is 1. The maximum absolute atomic E-state index is 12.0. The first kappa shape index (κ1) is 12.0. The lowest BCUT2D eigenvalue weighted by Crippen LogP contribution is -2.43. The van der Waals surface area contributed by atoms with Crippen molar-refractivity contribution in [1.29, 1.82) is 0 Å². The molecule has 0 spiro atoms. The van der Waals surface area contributed by atoms with Crippen molar-refractivity contribution in [3.8, 4) is 0 Å². The second kappa shape index (κ2) is 5.75. The van der Waals surface area contributed by atoms with E-state index in [4.69, 9.17) is 10.5 Å². The fraction of sp³-hybridized carbons (Fsp3) is 0.917. The summed E-state index contributed by atoms with van der Waals surface area (Å²) in [5, 5.41) is 3.19. The Morgan fingerprint density at radius 2 is 2.06 bits per heavy atom. The minimum Gasteiger partial charge on any atom is -0.368 e. The molecule has 1 aliphatic carbocycles. The monoisotopic (exact) mass is 226 g/mol. The highest BCUT2D eigenvalue weighted by molar-refractivity contribution is 5.83. The van der Waals surface area contributed by atoms with Crippen molar-refractivity contribution in [1.82, 2.24) is 5.32 Å². The average molecular weight is 226 g/mol. The molecule has 2 fully saturated rings. The molecule has 0 aromatic carbocycles. The lowest BCUT2D eigenvalue weighted by atomic mass is 9.83. The summed E-state index contributed by atoms with van der Waals surface area (Å²) >= 11 is 0. The third-order valence-corrected chi connectivity index (χ3v) is 3.67. The Hall–Kier alpha value is -0.450. The van der Waals surface area contributed by atoms with Gasteiger partial charge in [-0.05, 0) is 31.6 Å². The smallest absolute Gasteiger partial charge is 0.163 e. The van der Waals surface area contributed by atoms with Gasteiger partial charge in [-0.3, -0.25) is 4.79 Å². The van der Waals surface area contributed by atoms with E-state index < -0.39 is 0 Å². The van der Waals surface area contributed by atoms with Crippen LogP contribution in [0.15, 0.2) is 0 Å². The normalized spacial score (nSPS) is 35.9. The zero-order chi connectivity index (χ0) is 11.4. The molecule has 1 heterocycles. The molecule has 2 rings (SSSR count). The lowest BCUT2D eigenvalue weighted by molar-refractivity contribution is -0.133. The topological polar surface area (TPSA) is 64.4 Å². The van der Waals surface area contributed by atoms with Crippen LogP contribution < -0.4 is 11.1 Å². The molecule has 1 aliphatic heterocycles. The van der Waals surface area contributed by atoms with Crippen LogP contribution in [0.5, 0.6) is 0 Å². The maximum Gasteiger partial charge on any atom is 0.163 e. The van der Waals surface area contributed by atoms with E-state index in [1.54, 1.807) is 0 Å². The minimum atomic E-state index is -0.204. The molecule has 0 aromatic rings. The molecule has 0 aromatic heterocycles. The summed E-state index contributed by atoms with van der Waals surface area (Å²) in [4.78, 5) is 12.0. The number of hydrogen-bond acceptors (Lipinski definition) is 4. The van der Waals surface area contributed by atoms with Gasteiger partial charge < -0.3 is 15.8 Å². The molecular formula is C12H22N2O2. The highest BCUT2D eigenvalue weighted by Crippen LogP contribution is 2.26. The molecule has 1 atom stereocenters. The first-order chi connectivity index (χ1) is 7.75. The highest BCUT2D eigenvalue weighted by atomic mass is 16.5. The molecule has 1 saturated heterocycles. The number of rotatable bonds is 3. The van der Waals surface area contributed by atoms with Gasteiger partial charge in [0, 0.05) is 25.6 Å². The van der Waals surface area contributed by atoms with Gasteiger partial charge in [0.2, 0.25) is 0 Å². The van der Waals surface area contributed by atoms with Gasteiger partial charge in [-0.2, -0.15) is 0 Å². The van der Waals surface area contributed by atoms with Crippen molar-refractivity contribution in [2.24, 2.45) is 11.7 Å². The van der Waals surface area contributed by atoms with Crippen molar-refractivity contribution >= 4 is 5.78 Å². The third-order valence-electron chi connectivity index (χ3n) is 3.67. The third kappa shape index (κ3) is 3.27. The van der Waals surface area contributed by atoms with Gasteiger partial charge in [0.15, 0.2) is 5.78 Å². The van der Waals surface area contributed by atoms with Crippen LogP contribution in [-0.2, 0) is 9.53 Å². The van der Waals surface area contributed by atoms with Crippen LogP contribution in [-0.4, -0.2) is 37.6 Å². The largest absolute Gasteiger partial charge is 0.368 e. The summed E-state index contributed by atoms with van der Waals surface area (Å²) in [6.45, 7) is 2.21. The fourth-order valence-electron chi connectivity index (χ4n) is 2.58. The van der Waals surface area contributed by atoms with Crippen LogP contribution >= 0.6 is 0 Å². The summed E-state index contributed by atoms with van der Waals surface area (Å²) in [7, 11) is 0. The van der Waals surface area contributed by atoms with Gasteiger partial charge in [0.25, 0.3) is 0 Å². The molecule has 0 radical (unpaired) electrons. The summed E-state index contributed by atoms with van der Waals surface area (Å²) < 4.78 is 5.47. The van der Waals surface area contributed by atoms with Crippen LogP contribution in [0.1, 0.15) is 32.1 Å². The Bertz CT molecular complexity index is 231. The second-order valence-corrected chi connectivity index (χ2v) is 5.01. The molecule has 16 heavy (non-hydrogen) atoms. The molecule has 2 aliphatic rings. The van der Waals surface area contributed by atoms with E-state index in [9.17, 15) is 4.79 Å². The Labute approximate surface area is 96.9 Å². The first-order valence-electron chi connectivity index (χ1n) is 6.36. The van der Waals surface area contributed by atoms with Crippen LogP contribution in [0.25, 0.3) is 0 Å². The molecule has 4 nitrogen and oxygen atoms in total. The first-order valence-corrected chi connectivity index (χ1v) is 6.36. The molecule has 92 valence electrons. The molecule has 3 N–H and O–H groups in total. The molecular weight excluding hydrogens is 204 g/mol. The minimum absolute atomic E-state index is 0.204. The number of hydrogen-bond donors (Lipinski definition) is 2. The predicted octanol–water partition coefficient (Wildman–Crippen LogP) is 0.451. The number of nitrogens with one attached hydrogen (secondary N) is 1. The fourth-order valence-corrected chi connectivity index (χ4v) is 2.58. The number of carbonyl (C=O) groups excluding carboxylic acids is 1. The number of morpholine rings is 1. The van der Waals surface area contributed by atoms with E-state index in [-0.39, 0.29) is 11.9 Å². The molecule has 1 saturated carbocycles. The number of carbonyl (C=O) groups is 1. The van der Waals surface area contributed by atoms with Crippen LogP contribution in [0.4, 0.5) is 0 Å². The number of Topliss-reactive ketones (excluding diaryl/α,β-unsaturated/α-hetero) is 1. The molecule has 4 heteroatoms. The average Bonchev–Trinajstić information content (AvgIpc) is 2.33. The number of ketones is 1. The predicted molar refractivity (Wildman–Crippen MR) is 62.2 cm³/mol. The van der Waals surface area contributed by atoms with Gasteiger partial charge >= 0.3 is 0 Å². The zero-order valence-electron chi connectivity index (χ0n) is 9.78. The zero-order valence-corrected chi connectivity index (χ0v) is 9.78. The lowest BCUT2D eigenvalue weighted by Gasteiger charge is -2.28. The Morgan fingerprint density at radius 1 is 1.31 bits per heavy atom. The van der Waals surface area contributed by atoms with Gasteiger partial charge in [-0.15, -0.1) is 0 Å². The van der Waals surface area contributed by atoms with E-state index in [0.29, 0.717) is 31.5 Å². The summed E-state index contributed by atoms with van der Waals surface area (Å²) in [5.41, 5.74) is 5.85. The Morgan fingerprint density at radius 3 is 2.69 bits per heavy atom. The summed E-state index contributed by atoms with van der Waals surface area (Å²) in [6, 6.07) is 0.360. The Kier molecular flexibility index (Phi) is 4.32. The molecule has 0 amide bonds. The van der Waals surface area contributed by atoms with Crippen LogP contribution in [0, 0.1) is 5.92 Å². The maximum atomic E-state index is 12.0. The SMILES string of the molecule is N[C@H]1CC[C@H](CC(=O)C2CNCCO2)CC1. The van der Waals surface area contributed by atoms with Gasteiger partial charge in [0.05, 0.1) is 6.61 Å².